The van der Waals surface area contributed by atoms with Crippen molar-refractivity contribution < 1.29 is 13.2 Å². The molecule has 0 fully saturated rings. The van der Waals surface area contributed by atoms with Crippen LogP contribution < -0.4 is 10.6 Å². The summed E-state index contributed by atoms with van der Waals surface area (Å²) in [6, 6.07) is 6.50. The van der Waals surface area contributed by atoms with E-state index in [0.717, 1.165) is 34.4 Å². The highest BCUT2D eigenvalue weighted by Crippen LogP contribution is 2.32. The molecule has 0 saturated carbocycles. The number of hydrogen-bond donors (Lipinski definition) is 2. The largest absolute Gasteiger partial charge is 0.416 e. The molecule has 0 saturated heterocycles. The highest BCUT2D eigenvalue weighted by atomic mass is 32.1. The summed E-state index contributed by atoms with van der Waals surface area (Å²) < 4.78 is 37.9. The molecule has 3 aromatic rings. The maximum absolute atomic E-state index is 12.6. The van der Waals surface area contributed by atoms with Gasteiger partial charge in [0.25, 0.3) is 0 Å². The molecule has 2 aromatic heterocycles. The predicted molar refractivity (Wildman–Crippen MR) is 96.8 cm³/mol. The molecule has 0 atom stereocenters. The lowest BCUT2D eigenvalue weighted by atomic mass is 10.2. The van der Waals surface area contributed by atoms with Crippen LogP contribution in [0, 0.1) is 6.92 Å². The lowest BCUT2D eigenvalue weighted by Gasteiger charge is -2.09. The lowest BCUT2D eigenvalue weighted by Crippen LogP contribution is -2.04. The number of alkyl halides is 3. The van der Waals surface area contributed by atoms with Crippen molar-refractivity contribution in [2.75, 3.05) is 17.2 Å². The Morgan fingerprint density at radius 1 is 1.08 bits per heavy atom. The fraction of sp³-hybridized carbons (Fsp3) is 0.235. The van der Waals surface area contributed by atoms with Crippen LogP contribution in [0.3, 0.4) is 0 Å². The number of anilines is 3. The minimum atomic E-state index is -4.36. The molecule has 0 aliphatic heterocycles. The van der Waals surface area contributed by atoms with Gasteiger partial charge in [0.15, 0.2) is 5.13 Å². The minimum absolute atomic E-state index is 0.306. The Kier molecular flexibility index (Phi) is 5.08. The van der Waals surface area contributed by atoms with Gasteiger partial charge in [0.05, 0.1) is 21.8 Å². The van der Waals surface area contributed by atoms with Crippen LogP contribution in [0.1, 0.15) is 18.2 Å². The van der Waals surface area contributed by atoms with Crippen molar-refractivity contribution in [3.8, 4) is 10.6 Å². The SMILES string of the molecule is CCNc1nc(C)c(-c2ccnc(Nc3ccc(C(F)(F)F)cc3)n2)s1. The quantitative estimate of drug-likeness (QED) is 0.646. The number of nitrogens with zero attached hydrogens (tertiary/aromatic N) is 3. The Morgan fingerprint density at radius 2 is 1.81 bits per heavy atom. The summed E-state index contributed by atoms with van der Waals surface area (Å²) in [4.78, 5) is 13.9. The highest BCUT2D eigenvalue weighted by Gasteiger charge is 2.29. The first-order chi connectivity index (χ1) is 12.4. The van der Waals surface area contributed by atoms with E-state index in [0.29, 0.717) is 17.3 Å². The zero-order valence-electron chi connectivity index (χ0n) is 14.1. The number of aromatic nitrogens is 3. The Hall–Kier alpha value is -2.68. The smallest absolute Gasteiger partial charge is 0.362 e. The van der Waals surface area contributed by atoms with Crippen molar-refractivity contribution in [3.63, 3.8) is 0 Å². The molecule has 0 amide bonds. The van der Waals surface area contributed by atoms with E-state index in [-0.39, 0.29) is 0 Å². The molecular formula is C17H16F3N5S. The second kappa shape index (κ2) is 7.28. The fourth-order valence-corrected chi connectivity index (χ4v) is 3.28. The van der Waals surface area contributed by atoms with E-state index >= 15 is 0 Å². The van der Waals surface area contributed by atoms with Crippen LogP contribution in [0.25, 0.3) is 10.6 Å². The number of aryl methyl sites for hydroxylation is 1. The molecule has 0 unspecified atom stereocenters. The molecule has 0 spiro atoms. The van der Waals surface area contributed by atoms with E-state index in [9.17, 15) is 13.2 Å². The molecule has 0 aliphatic carbocycles. The van der Waals surface area contributed by atoms with Gasteiger partial charge >= 0.3 is 6.18 Å². The van der Waals surface area contributed by atoms with Crippen molar-refractivity contribution in [2.45, 2.75) is 20.0 Å². The average Bonchev–Trinajstić information content (AvgIpc) is 2.96. The molecule has 9 heteroatoms. The maximum Gasteiger partial charge on any atom is 0.416 e. The van der Waals surface area contributed by atoms with Crippen molar-refractivity contribution in [3.05, 3.63) is 47.8 Å². The number of benzene rings is 1. The summed E-state index contributed by atoms with van der Waals surface area (Å²) in [6.45, 7) is 4.67. The first-order valence-corrected chi connectivity index (χ1v) is 8.67. The van der Waals surface area contributed by atoms with Gasteiger partial charge in [0.1, 0.15) is 0 Å². The van der Waals surface area contributed by atoms with E-state index in [4.69, 9.17) is 0 Å². The third-order valence-electron chi connectivity index (χ3n) is 3.48. The first-order valence-electron chi connectivity index (χ1n) is 7.86. The Balaban J connectivity index is 1.81. The van der Waals surface area contributed by atoms with Gasteiger partial charge in [0.2, 0.25) is 5.95 Å². The molecule has 3 rings (SSSR count). The van der Waals surface area contributed by atoms with E-state index in [1.165, 1.54) is 23.5 Å². The number of halogens is 3. The number of thiazole rings is 1. The lowest BCUT2D eigenvalue weighted by molar-refractivity contribution is -0.137. The van der Waals surface area contributed by atoms with Gasteiger partial charge in [-0.15, -0.1) is 0 Å². The second-order valence-electron chi connectivity index (χ2n) is 5.43. The third-order valence-corrected chi connectivity index (χ3v) is 4.62. The molecule has 1 aromatic carbocycles. The number of rotatable bonds is 5. The minimum Gasteiger partial charge on any atom is -0.362 e. The summed E-state index contributed by atoms with van der Waals surface area (Å²) >= 11 is 1.49. The summed E-state index contributed by atoms with van der Waals surface area (Å²) in [7, 11) is 0. The van der Waals surface area contributed by atoms with E-state index in [1.54, 1.807) is 12.3 Å². The summed E-state index contributed by atoms with van der Waals surface area (Å²) in [6.07, 6.45) is -2.76. The zero-order valence-corrected chi connectivity index (χ0v) is 14.9. The van der Waals surface area contributed by atoms with E-state index in [1.807, 2.05) is 13.8 Å². The van der Waals surface area contributed by atoms with E-state index in [2.05, 4.69) is 25.6 Å². The first kappa shape index (κ1) is 18.1. The van der Waals surface area contributed by atoms with Gasteiger partial charge in [-0.25, -0.2) is 15.0 Å². The van der Waals surface area contributed by atoms with Crippen molar-refractivity contribution >= 4 is 28.1 Å². The predicted octanol–water partition coefficient (Wildman–Crippen LogP) is 5.10. The van der Waals surface area contributed by atoms with Crippen molar-refractivity contribution in [1.82, 2.24) is 15.0 Å². The fourth-order valence-electron chi connectivity index (χ4n) is 2.28. The second-order valence-corrected chi connectivity index (χ2v) is 6.43. The highest BCUT2D eigenvalue weighted by molar-refractivity contribution is 7.19. The molecule has 136 valence electrons. The topological polar surface area (TPSA) is 62.7 Å². The van der Waals surface area contributed by atoms with Crippen LogP contribution in [0.5, 0.6) is 0 Å². The van der Waals surface area contributed by atoms with Crippen LogP contribution in [0.2, 0.25) is 0 Å². The van der Waals surface area contributed by atoms with Crippen molar-refractivity contribution in [2.24, 2.45) is 0 Å². The van der Waals surface area contributed by atoms with Crippen LogP contribution in [0.4, 0.5) is 29.9 Å². The van der Waals surface area contributed by atoms with Crippen LogP contribution in [0.15, 0.2) is 36.5 Å². The molecular weight excluding hydrogens is 363 g/mol. The van der Waals surface area contributed by atoms with Crippen molar-refractivity contribution in [1.29, 1.82) is 0 Å². The monoisotopic (exact) mass is 379 g/mol. The Morgan fingerprint density at radius 3 is 2.46 bits per heavy atom. The van der Waals surface area contributed by atoms with Crippen LogP contribution in [-0.2, 0) is 6.18 Å². The molecule has 26 heavy (non-hydrogen) atoms. The molecule has 5 nitrogen and oxygen atoms in total. The summed E-state index contributed by atoms with van der Waals surface area (Å²) in [5.41, 5.74) is 1.33. The number of hydrogen-bond acceptors (Lipinski definition) is 6. The summed E-state index contributed by atoms with van der Waals surface area (Å²) in [5, 5.41) is 6.91. The zero-order chi connectivity index (χ0) is 18.7. The van der Waals surface area contributed by atoms with Crippen LogP contribution in [-0.4, -0.2) is 21.5 Å². The molecule has 0 bridgehead atoms. The molecule has 2 N–H and O–H groups in total. The van der Waals surface area contributed by atoms with Crippen LogP contribution >= 0.6 is 11.3 Å². The molecule has 0 aliphatic rings. The normalized spacial score (nSPS) is 11.4. The Labute approximate surface area is 152 Å². The van der Waals surface area contributed by atoms with Gasteiger partial charge in [-0.3, -0.25) is 0 Å². The van der Waals surface area contributed by atoms with E-state index < -0.39 is 11.7 Å². The van der Waals surface area contributed by atoms with Gasteiger partial charge in [0, 0.05) is 18.4 Å². The van der Waals surface area contributed by atoms with Gasteiger partial charge in [-0.05, 0) is 44.2 Å². The van der Waals surface area contributed by atoms with Gasteiger partial charge in [-0.1, -0.05) is 11.3 Å². The average molecular weight is 379 g/mol. The van der Waals surface area contributed by atoms with Gasteiger partial charge < -0.3 is 10.6 Å². The number of nitrogens with one attached hydrogen (secondary N) is 2. The van der Waals surface area contributed by atoms with Gasteiger partial charge in [-0.2, -0.15) is 13.2 Å². The molecule has 0 radical (unpaired) electrons. The molecule has 2 heterocycles. The maximum atomic E-state index is 12.6. The Bertz CT molecular complexity index is 890. The third kappa shape index (κ3) is 4.10. The standard InChI is InChI=1S/C17H16F3N5S/c1-3-21-16-23-10(2)14(26-16)13-8-9-22-15(25-13)24-12-6-4-11(5-7-12)17(18,19)20/h4-9H,3H2,1-2H3,(H,21,23)(H,22,24,25). The summed E-state index contributed by atoms with van der Waals surface area (Å²) in [5.74, 6) is 0.306.